The molecule has 0 saturated carbocycles. The van der Waals surface area contributed by atoms with Gasteiger partial charge in [-0.05, 0) is 40.0 Å². The molecular weight excluding hydrogens is 351 g/mol. The van der Waals surface area contributed by atoms with Gasteiger partial charge in [-0.25, -0.2) is 4.39 Å². The lowest BCUT2D eigenvalue weighted by Crippen LogP contribution is -2.21. The first-order valence-electron chi connectivity index (χ1n) is 6.66. The summed E-state index contributed by atoms with van der Waals surface area (Å²) in [6, 6.07) is 6.73. The van der Waals surface area contributed by atoms with Crippen LogP contribution >= 0.6 is 15.9 Å². The summed E-state index contributed by atoms with van der Waals surface area (Å²) in [5.74, 6) is -0.415. The van der Waals surface area contributed by atoms with Crippen LogP contribution in [0, 0.1) is 17.1 Å². The Labute approximate surface area is 134 Å². The molecule has 112 valence electrons. The van der Waals surface area contributed by atoms with Crippen molar-refractivity contribution in [2.75, 3.05) is 0 Å². The van der Waals surface area contributed by atoms with Crippen LogP contribution in [-0.4, -0.2) is 10.2 Å². The van der Waals surface area contributed by atoms with Crippen LogP contribution < -0.4 is 10.5 Å². The summed E-state index contributed by atoms with van der Waals surface area (Å²) < 4.78 is 19.3. The minimum absolute atomic E-state index is 0.0228. The highest BCUT2D eigenvalue weighted by atomic mass is 79.9. The average molecular weight is 363 g/mol. The van der Waals surface area contributed by atoms with Crippen molar-refractivity contribution in [2.45, 2.75) is 19.3 Å². The third-order valence-electron chi connectivity index (χ3n) is 3.65. The van der Waals surface area contributed by atoms with E-state index in [2.05, 4.69) is 32.2 Å². The Balaban J connectivity index is 2.24. The summed E-state index contributed by atoms with van der Waals surface area (Å²) in [7, 11) is 0. The smallest absolute Gasteiger partial charge is 0.244 e. The van der Waals surface area contributed by atoms with E-state index < -0.39 is 5.92 Å². The summed E-state index contributed by atoms with van der Waals surface area (Å²) in [5.41, 5.74) is 8.52. The number of aryl methyl sites for hydroxylation is 1. The molecule has 0 radical (unpaired) electrons. The highest BCUT2D eigenvalue weighted by Crippen LogP contribution is 2.43. The number of H-pyrrole nitrogens is 1. The maximum atomic E-state index is 13.5. The standard InChI is InChI=1S/C15H12BrFN4O/c1-2-11-13-12(7-3-4-10(17)9(16)5-7)8(6-18)14(19)22-15(13)21-20-11/h3-5,12H,2,19H2,1H3,(H,20,21). The maximum absolute atomic E-state index is 13.5. The number of ether oxygens (including phenoxy) is 1. The third kappa shape index (κ3) is 2.16. The van der Waals surface area contributed by atoms with E-state index in [-0.39, 0.29) is 11.7 Å². The number of hydrogen-bond acceptors (Lipinski definition) is 4. The van der Waals surface area contributed by atoms with Gasteiger partial charge in [-0.1, -0.05) is 13.0 Å². The third-order valence-corrected chi connectivity index (χ3v) is 4.26. The molecule has 1 aliphatic heterocycles. The first-order chi connectivity index (χ1) is 10.6. The van der Waals surface area contributed by atoms with E-state index in [9.17, 15) is 9.65 Å². The first-order valence-corrected chi connectivity index (χ1v) is 7.45. The van der Waals surface area contributed by atoms with Crippen LogP contribution in [0.4, 0.5) is 4.39 Å². The molecule has 1 aliphatic rings. The molecule has 2 aromatic rings. The largest absolute Gasteiger partial charge is 0.420 e. The van der Waals surface area contributed by atoms with Gasteiger partial charge in [-0.3, -0.25) is 5.10 Å². The fourth-order valence-corrected chi connectivity index (χ4v) is 3.00. The minimum Gasteiger partial charge on any atom is -0.420 e. The molecule has 0 spiro atoms. The van der Waals surface area contributed by atoms with Gasteiger partial charge in [-0.15, -0.1) is 5.10 Å². The quantitative estimate of drug-likeness (QED) is 0.858. The van der Waals surface area contributed by atoms with E-state index in [0.29, 0.717) is 22.3 Å². The van der Waals surface area contributed by atoms with Gasteiger partial charge in [0, 0.05) is 11.3 Å². The van der Waals surface area contributed by atoms with Crippen LogP contribution in [0.5, 0.6) is 5.88 Å². The molecule has 0 fully saturated rings. The molecule has 1 aromatic carbocycles. The molecule has 1 unspecified atom stereocenters. The van der Waals surface area contributed by atoms with E-state index >= 15 is 0 Å². The van der Waals surface area contributed by atoms with Gasteiger partial charge in [0.2, 0.25) is 11.8 Å². The molecule has 2 heterocycles. The van der Waals surface area contributed by atoms with Crippen molar-refractivity contribution in [2.24, 2.45) is 5.73 Å². The lowest BCUT2D eigenvalue weighted by molar-refractivity contribution is 0.378. The lowest BCUT2D eigenvalue weighted by Gasteiger charge is -2.24. The van der Waals surface area contributed by atoms with Gasteiger partial charge in [0.25, 0.3) is 0 Å². The van der Waals surface area contributed by atoms with Crippen molar-refractivity contribution in [3.05, 3.63) is 56.8 Å². The zero-order chi connectivity index (χ0) is 15.9. The van der Waals surface area contributed by atoms with Gasteiger partial charge in [0.15, 0.2) is 0 Å². The van der Waals surface area contributed by atoms with Crippen molar-refractivity contribution in [1.29, 1.82) is 5.26 Å². The van der Waals surface area contributed by atoms with Crippen LogP contribution in [-0.2, 0) is 6.42 Å². The normalized spacial score (nSPS) is 16.9. The number of hydrogen-bond donors (Lipinski definition) is 2. The van der Waals surface area contributed by atoms with Crippen molar-refractivity contribution in [3.8, 4) is 11.9 Å². The number of allylic oxidation sites excluding steroid dienone is 1. The second kappa shape index (κ2) is 5.46. The average Bonchev–Trinajstić information content (AvgIpc) is 2.91. The topological polar surface area (TPSA) is 87.7 Å². The molecule has 1 aromatic heterocycles. The number of benzene rings is 1. The Morgan fingerprint density at radius 3 is 2.95 bits per heavy atom. The number of aromatic nitrogens is 2. The molecule has 0 bridgehead atoms. The highest BCUT2D eigenvalue weighted by Gasteiger charge is 2.34. The minimum atomic E-state index is -0.431. The summed E-state index contributed by atoms with van der Waals surface area (Å²) in [6.45, 7) is 1.97. The van der Waals surface area contributed by atoms with Crippen LogP contribution in [0.2, 0.25) is 0 Å². The molecule has 3 N–H and O–H groups in total. The number of halogens is 2. The number of nitrogens with zero attached hydrogens (tertiary/aromatic N) is 2. The number of fused-ring (bicyclic) bond motifs is 1. The summed E-state index contributed by atoms with van der Waals surface area (Å²) >= 11 is 3.18. The second-order valence-corrected chi connectivity index (χ2v) is 5.73. The van der Waals surface area contributed by atoms with Gasteiger partial charge >= 0.3 is 0 Å². The number of aromatic amines is 1. The summed E-state index contributed by atoms with van der Waals surface area (Å²) in [4.78, 5) is 0. The summed E-state index contributed by atoms with van der Waals surface area (Å²) in [5, 5.41) is 16.5. The lowest BCUT2D eigenvalue weighted by atomic mass is 9.83. The molecule has 22 heavy (non-hydrogen) atoms. The zero-order valence-electron chi connectivity index (χ0n) is 11.7. The SMILES string of the molecule is CCc1[nH]nc2c1C(c1ccc(F)c(Br)c1)C(C#N)=C(N)O2. The molecule has 5 nitrogen and oxygen atoms in total. The number of nitrogens with two attached hydrogens (primary N) is 1. The van der Waals surface area contributed by atoms with E-state index in [1.165, 1.54) is 6.07 Å². The van der Waals surface area contributed by atoms with Gasteiger partial charge in [0.1, 0.15) is 17.5 Å². The first kappa shape index (κ1) is 14.6. The molecule has 7 heteroatoms. The Morgan fingerprint density at radius 2 is 2.32 bits per heavy atom. The Bertz CT molecular complexity index is 821. The number of rotatable bonds is 2. The fourth-order valence-electron chi connectivity index (χ4n) is 2.60. The Morgan fingerprint density at radius 1 is 1.55 bits per heavy atom. The van der Waals surface area contributed by atoms with Gasteiger partial charge < -0.3 is 10.5 Å². The molecule has 0 saturated heterocycles. The predicted molar refractivity (Wildman–Crippen MR) is 81.4 cm³/mol. The van der Waals surface area contributed by atoms with Crippen LogP contribution in [0.15, 0.2) is 34.1 Å². The van der Waals surface area contributed by atoms with Crippen LogP contribution in [0.25, 0.3) is 0 Å². The second-order valence-electron chi connectivity index (χ2n) is 4.87. The molecule has 0 amide bonds. The fraction of sp³-hybridized carbons (Fsp3) is 0.200. The summed E-state index contributed by atoms with van der Waals surface area (Å²) in [6.07, 6.45) is 0.698. The van der Waals surface area contributed by atoms with E-state index in [4.69, 9.17) is 10.5 Å². The Hall–Kier alpha value is -2.33. The predicted octanol–water partition coefficient (Wildman–Crippen LogP) is 3.09. The molecule has 3 rings (SSSR count). The van der Waals surface area contributed by atoms with E-state index in [1.807, 2.05) is 6.92 Å². The van der Waals surface area contributed by atoms with Crippen LogP contribution in [0.3, 0.4) is 0 Å². The van der Waals surface area contributed by atoms with Crippen LogP contribution in [0.1, 0.15) is 29.7 Å². The maximum Gasteiger partial charge on any atom is 0.244 e. The van der Waals surface area contributed by atoms with Gasteiger partial charge in [-0.2, -0.15) is 5.26 Å². The number of nitriles is 1. The van der Waals surface area contributed by atoms with Crippen molar-refractivity contribution < 1.29 is 9.13 Å². The van der Waals surface area contributed by atoms with E-state index in [0.717, 1.165) is 16.8 Å². The number of nitrogens with one attached hydrogen (secondary N) is 1. The highest BCUT2D eigenvalue weighted by molar-refractivity contribution is 9.10. The molecular formula is C15H12BrFN4O. The monoisotopic (exact) mass is 362 g/mol. The van der Waals surface area contributed by atoms with Crippen molar-refractivity contribution in [1.82, 2.24) is 10.2 Å². The molecule has 1 atom stereocenters. The van der Waals surface area contributed by atoms with Crippen molar-refractivity contribution >= 4 is 15.9 Å². The molecule has 0 aliphatic carbocycles. The Kier molecular flexibility index (Phi) is 3.62. The zero-order valence-corrected chi connectivity index (χ0v) is 13.2. The van der Waals surface area contributed by atoms with Gasteiger partial charge in [0.05, 0.1) is 10.4 Å². The van der Waals surface area contributed by atoms with Crippen molar-refractivity contribution in [3.63, 3.8) is 0 Å². The van der Waals surface area contributed by atoms with E-state index in [1.54, 1.807) is 12.1 Å².